The summed E-state index contributed by atoms with van der Waals surface area (Å²) in [4.78, 5) is 13.5. The van der Waals surface area contributed by atoms with Gasteiger partial charge >= 0.3 is 0 Å². The lowest BCUT2D eigenvalue weighted by Gasteiger charge is -2.42. The number of phenols is 3. The second kappa shape index (κ2) is 11.6. The van der Waals surface area contributed by atoms with Crippen molar-refractivity contribution in [2.45, 2.75) is 68.3 Å². The van der Waals surface area contributed by atoms with Crippen LogP contribution in [0.25, 0.3) is 22.3 Å². The molecule has 2 aliphatic heterocycles. The normalized spacial score (nSPS) is 33.5. The summed E-state index contributed by atoms with van der Waals surface area (Å²) in [5.41, 5.74) is -0.956. The van der Waals surface area contributed by atoms with Gasteiger partial charge in [-0.15, -0.1) is 0 Å². The highest BCUT2D eigenvalue weighted by atomic mass is 16.7. The first-order valence-electron chi connectivity index (χ1n) is 12.9. The predicted molar refractivity (Wildman–Crippen MR) is 139 cm³/mol. The van der Waals surface area contributed by atoms with Gasteiger partial charge < -0.3 is 69.3 Å². The quantitative estimate of drug-likeness (QED) is 0.159. The summed E-state index contributed by atoms with van der Waals surface area (Å²) in [6.45, 7) is 0.866. The minimum absolute atomic E-state index is 0.103. The molecule has 0 unspecified atom stereocenters. The minimum Gasteiger partial charge on any atom is -0.508 e. The van der Waals surface area contributed by atoms with Gasteiger partial charge in [-0.2, -0.15) is 0 Å². The van der Waals surface area contributed by atoms with Gasteiger partial charge in [-0.3, -0.25) is 4.79 Å². The lowest BCUT2D eigenvalue weighted by molar-refractivity contribution is -0.318. The van der Waals surface area contributed by atoms with E-state index >= 15 is 0 Å². The van der Waals surface area contributed by atoms with E-state index in [0.717, 1.165) is 12.1 Å². The van der Waals surface area contributed by atoms with Gasteiger partial charge in [-0.25, -0.2) is 0 Å². The van der Waals surface area contributed by atoms with Gasteiger partial charge in [0.1, 0.15) is 70.9 Å². The highest BCUT2D eigenvalue weighted by Crippen LogP contribution is 2.37. The molecule has 2 aromatic carbocycles. The summed E-state index contributed by atoms with van der Waals surface area (Å²) in [7, 11) is 0. The van der Waals surface area contributed by atoms with Gasteiger partial charge in [0, 0.05) is 17.7 Å². The van der Waals surface area contributed by atoms with Crippen molar-refractivity contribution in [3.8, 4) is 34.3 Å². The first kappa shape index (κ1) is 30.0. The van der Waals surface area contributed by atoms with Crippen LogP contribution in [0.1, 0.15) is 6.92 Å². The van der Waals surface area contributed by atoms with Crippen LogP contribution in [0.15, 0.2) is 45.6 Å². The van der Waals surface area contributed by atoms with Crippen LogP contribution in [0.2, 0.25) is 0 Å². The number of ether oxygens (including phenoxy) is 4. The Morgan fingerprint density at radius 2 is 1.40 bits per heavy atom. The van der Waals surface area contributed by atoms with Crippen molar-refractivity contribution < 1.29 is 69.3 Å². The molecule has 0 saturated carbocycles. The highest BCUT2D eigenvalue weighted by Gasteiger charge is 2.47. The van der Waals surface area contributed by atoms with E-state index in [-0.39, 0.29) is 28.0 Å². The molecule has 0 aliphatic carbocycles. The van der Waals surface area contributed by atoms with E-state index in [4.69, 9.17) is 23.4 Å². The first-order valence-corrected chi connectivity index (χ1v) is 12.9. The zero-order valence-electron chi connectivity index (χ0n) is 21.9. The Balaban J connectivity index is 1.46. The molecule has 0 radical (unpaired) electrons. The summed E-state index contributed by atoms with van der Waals surface area (Å²) >= 11 is 0. The topological polar surface area (TPSA) is 249 Å². The summed E-state index contributed by atoms with van der Waals surface area (Å²) in [5, 5.41) is 91.4. The van der Waals surface area contributed by atoms with E-state index in [9.17, 15) is 50.8 Å². The summed E-state index contributed by atoms with van der Waals surface area (Å²) in [5.74, 6) is -1.97. The number of aliphatic hydroxyl groups excluding tert-OH is 6. The maximum atomic E-state index is 13.5. The minimum atomic E-state index is -1.92. The average Bonchev–Trinajstić information content (AvgIpc) is 2.95. The Kier molecular flexibility index (Phi) is 8.30. The standard InChI is InChI=1S/C27H30O15/c1-9-17(31)20(34)22(36)26(39-9)38-8-15-18(32)21(35)23(37)27(41-15)42-25-19(33)16-13(30)6-12(29)7-14(16)40-24(25)10-2-4-11(28)5-3-10/h2-7,9,15,17-18,20-23,26-32,34-37H,8H2,1H3/t9-,15-,17-,18+,20+,21+,22+,23+,26-,27+/m1/s1. The van der Waals surface area contributed by atoms with Crippen LogP contribution < -0.4 is 10.2 Å². The van der Waals surface area contributed by atoms with Crippen LogP contribution in [0.4, 0.5) is 0 Å². The Morgan fingerprint density at radius 3 is 2.10 bits per heavy atom. The van der Waals surface area contributed by atoms with E-state index < -0.39 is 90.7 Å². The molecule has 15 heteroatoms. The third kappa shape index (κ3) is 5.49. The van der Waals surface area contributed by atoms with E-state index in [1.54, 1.807) is 0 Å². The number of aliphatic hydroxyl groups is 6. The van der Waals surface area contributed by atoms with Crippen LogP contribution in [-0.2, 0) is 14.2 Å². The molecule has 10 atom stereocenters. The molecule has 1 aromatic heterocycles. The van der Waals surface area contributed by atoms with Gasteiger partial charge in [-0.05, 0) is 31.2 Å². The molecule has 15 nitrogen and oxygen atoms in total. The molecule has 2 fully saturated rings. The van der Waals surface area contributed by atoms with Crippen molar-refractivity contribution in [2.24, 2.45) is 0 Å². The fourth-order valence-corrected chi connectivity index (χ4v) is 4.79. The Hall–Kier alpha value is -3.51. The van der Waals surface area contributed by atoms with E-state index in [0.29, 0.717) is 0 Å². The van der Waals surface area contributed by atoms with E-state index in [2.05, 4.69) is 0 Å². The zero-order valence-corrected chi connectivity index (χ0v) is 21.9. The van der Waals surface area contributed by atoms with Gasteiger partial charge in [0.2, 0.25) is 17.5 Å². The highest BCUT2D eigenvalue weighted by molar-refractivity contribution is 5.88. The molecule has 3 heterocycles. The number of hydrogen-bond donors (Lipinski definition) is 9. The van der Waals surface area contributed by atoms with Gasteiger partial charge in [0.05, 0.1) is 12.7 Å². The lowest BCUT2D eigenvalue weighted by Crippen LogP contribution is -2.61. The largest absolute Gasteiger partial charge is 0.508 e. The number of phenolic OH excluding ortho intramolecular Hbond substituents is 3. The van der Waals surface area contributed by atoms with Crippen molar-refractivity contribution in [3.05, 3.63) is 46.6 Å². The second-order valence-electron chi connectivity index (χ2n) is 10.1. The van der Waals surface area contributed by atoms with Gasteiger partial charge in [0.15, 0.2) is 12.1 Å². The molecule has 228 valence electrons. The Morgan fingerprint density at radius 1 is 0.762 bits per heavy atom. The first-order chi connectivity index (χ1) is 19.9. The number of rotatable bonds is 6. The monoisotopic (exact) mass is 594 g/mol. The van der Waals surface area contributed by atoms with E-state index in [1.807, 2.05) is 0 Å². The maximum absolute atomic E-state index is 13.5. The number of aromatic hydroxyl groups is 3. The summed E-state index contributed by atoms with van der Waals surface area (Å²) < 4.78 is 28.0. The predicted octanol–water partition coefficient (Wildman–Crippen LogP) is -1.39. The number of benzene rings is 2. The smallest absolute Gasteiger partial charge is 0.239 e. The summed E-state index contributed by atoms with van der Waals surface area (Å²) in [6, 6.07) is 7.33. The molecule has 0 amide bonds. The zero-order chi connectivity index (χ0) is 30.5. The van der Waals surface area contributed by atoms with Crippen LogP contribution in [0, 0.1) is 0 Å². The van der Waals surface area contributed by atoms with Crippen LogP contribution in [-0.4, -0.2) is 114 Å². The Labute approximate surface area is 236 Å². The molecule has 5 rings (SSSR count). The fraction of sp³-hybridized carbons (Fsp3) is 0.444. The molecule has 2 aliphatic rings. The molecular weight excluding hydrogens is 564 g/mol. The Bertz CT molecular complexity index is 1470. The third-order valence-corrected chi connectivity index (χ3v) is 7.18. The lowest BCUT2D eigenvalue weighted by atomic mass is 9.98. The second-order valence-corrected chi connectivity index (χ2v) is 10.1. The van der Waals surface area contributed by atoms with Gasteiger partial charge in [0.25, 0.3) is 0 Å². The van der Waals surface area contributed by atoms with Crippen LogP contribution >= 0.6 is 0 Å². The molecular formula is C27H30O15. The van der Waals surface area contributed by atoms with Crippen molar-refractivity contribution in [2.75, 3.05) is 6.61 Å². The molecule has 3 aromatic rings. The molecule has 2 saturated heterocycles. The van der Waals surface area contributed by atoms with Crippen molar-refractivity contribution in [1.82, 2.24) is 0 Å². The van der Waals surface area contributed by atoms with Gasteiger partial charge in [-0.1, -0.05) is 0 Å². The fourth-order valence-electron chi connectivity index (χ4n) is 4.79. The van der Waals surface area contributed by atoms with E-state index in [1.165, 1.54) is 31.2 Å². The number of hydrogen-bond acceptors (Lipinski definition) is 15. The maximum Gasteiger partial charge on any atom is 0.239 e. The summed E-state index contributed by atoms with van der Waals surface area (Å²) in [6.07, 6.45) is -15.8. The molecule has 9 N–H and O–H groups in total. The van der Waals surface area contributed by atoms with Crippen LogP contribution in [0.5, 0.6) is 23.0 Å². The number of fused-ring (bicyclic) bond motifs is 1. The third-order valence-electron chi connectivity index (χ3n) is 7.18. The molecule has 0 bridgehead atoms. The SMILES string of the molecule is C[C@H]1O[C@@H](OC[C@H]2O[C@@H](Oc3c(-c4ccc(O)cc4)oc4cc(O)cc(O)c4c3=O)[C@@H](O)[C@@H](O)[C@H]2O)[C@@H](O)[C@@H](O)[C@@H]1O. The van der Waals surface area contributed by atoms with Crippen LogP contribution in [0.3, 0.4) is 0 Å². The molecule has 0 spiro atoms. The average molecular weight is 595 g/mol. The van der Waals surface area contributed by atoms with Crippen molar-refractivity contribution in [1.29, 1.82) is 0 Å². The van der Waals surface area contributed by atoms with Crippen molar-refractivity contribution >= 4 is 11.0 Å². The molecule has 42 heavy (non-hydrogen) atoms. The van der Waals surface area contributed by atoms with Crippen molar-refractivity contribution in [3.63, 3.8) is 0 Å².